The molecule has 0 heterocycles. The summed E-state index contributed by atoms with van der Waals surface area (Å²) in [7, 11) is 1.65. The molecule has 1 unspecified atom stereocenters. The van der Waals surface area contributed by atoms with Gasteiger partial charge in [-0.25, -0.2) is 0 Å². The van der Waals surface area contributed by atoms with Crippen LogP contribution in [0.3, 0.4) is 0 Å². The Hall–Kier alpha value is -1.06. The van der Waals surface area contributed by atoms with Crippen molar-refractivity contribution < 1.29 is 9.84 Å². The van der Waals surface area contributed by atoms with Crippen LogP contribution in [-0.2, 0) is 11.3 Å². The van der Waals surface area contributed by atoms with Crippen LogP contribution < -0.4 is 5.73 Å². The van der Waals surface area contributed by atoms with Crippen LogP contribution in [0.2, 0.25) is 0 Å². The predicted octanol–water partition coefficient (Wildman–Crippen LogP) is 1.91. The summed E-state index contributed by atoms with van der Waals surface area (Å²) in [5.41, 5.74) is 8.44. The van der Waals surface area contributed by atoms with Gasteiger partial charge in [0, 0.05) is 12.7 Å². The van der Waals surface area contributed by atoms with Crippen LogP contribution in [-0.4, -0.2) is 18.8 Å². The standard InChI is InChI=1S/C12H19NO2/c1-8-4-5-10(7-15-3)11(12(8)14)9(2)6-13/h4-5,9,14H,6-7,13H2,1-3H3. The highest BCUT2D eigenvalue weighted by atomic mass is 16.5. The monoisotopic (exact) mass is 209 g/mol. The Kier molecular flexibility index (Phi) is 4.12. The van der Waals surface area contributed by atoms with Crippen molar-refractivity contribution in [3.05, 3.63) is 28.8 Å². The maximum Gasteiger partial charge on any atom is 0.122 e. The number of nitrogens with two attached hydrogens (primary N) is 1. The minimum Gasteiger partial charge on any atom is -0.507 e. The Morgan fingerprint density at radius 3 is 2.67 bits per heavy atom. The molecule has 3 N–H and O–H groups in total. The highest BCUT2D eigenvalue weighted by Gasteiger charge is 2.15. The lowest BCUT2D eigenvalue weighted by atomic mass is 9.93. The molecule has 3 nitrogen and oxygen atoms in total. The molecule has 0 aliphatic heterocycles. The molecule has 0 fully saturated rings. The van der Waals surface area contributed by atoms with Gasteiger partial charge in [-0.2, -0.15) is 0 Å². The number of aryl methyl sites for hydroxylation is 1. The molecular weight excluding hydrogens is 190 g/mol. The molecular formula is C12H19NO2. The zero-order valence-corrected chi connectivity index (χ0v) is 9.58. The first-order valence-electron chi connectivity index (χ1n) is 5.12. The largest absolute Gasteiger partial charge is 0.507 e. The van der Waals surface area contributed by atoms with E-state index in [2.05, 4.69) is 0 Å². The van der Waals surface area contributed by atoms with Crippen LogP contribution in [0, 0.1) is 6.92 Å². The quantitative estimate of drug-likeness (QED) is 0.796. The van der Waals surface area contributed by atoms with E-state index < -0.39 is 0 Å². The van der Waals surface area contributed by atoms with Gasteiger partial charge in [-0.05, 0) is 30.5 Å². The fourth-order valence-electron chi connectivity index (χ4n) is 1.71. The topological polar surface area (TPSA) is 55.5 Å². The molecule has 1 aromatic carbocycles. The van der Waals surface area contributed by atoms with Crippen molar-refractivity contribution >= 4 is 0 Å². The van der Waals surface area contributed by atoms with E-state index in [-0.39, 0.29) is 5.92 Å². The maximum absolute atomic E-state index is 10.00. The molecule has 3 heteroatoms. The van der Waals surface area contributed by atoms with Crippen LogP contribution in [0.25, 0.3) is 0 Å². The van der Waals surface area contributed by atoms with Gasteiger partial charge >= 0.3 is 0 Å². The predicted molar refractivity (Wildman–Crippen MR) is 61.0 cm³/mol. The molecule has 0 saturated heterocycles. The van der Waals surface area contributed by atoms with Gasteiger partial charge in [0.2, 0.25) is 0 Å². The van der Waals surface area contributed by atoms with Crippen molar-refractivity contribution in [1.29, 1.82) is 0 Å². The van der Waals surface area contributed by atoms with Crippen LogP contribution in [0.5, 0.6) is 5.75 Å². The number of benzene rings is 1. The summed E-state index contributed by atoms with van der Waals surface area (Å²) in [6.07, 6.45) is 0. The highest BCUT2D eigenvalue weighted by Crippen LogP contribution is 2.32. The average molecular weight is 209 g/mol. The molecule has 84 valence electrons. The van der Waals surface area contributed by atoms with Crippen LogP contribution in [0.1, 0.15) is 29.5 Å². The van der Waals surface area contributed by atoms with E-state index in [1.807, 2.05) is 26.0 Å². The second-order valence-electron chi connectivity index (χ2n) is 3.87. The summed E-state index contributed by atoms with van der Waals surface area (Å²) >= 11 is 0. The highest BCUT2D eigenvalue weighted by molar-refractivity contribution is 5.46. The van der Waals surface area contributed by atoms with E-state index >= 15 is 0 Å². The molecule has 0 radical (unpaired) electrons. The van der Waals surface area contributed by atoms with Gasteiger partial charge in [0.05, 0.1) is 6.61 Å². The van der Waals surface area contributed by atoms with E-state index in [9.17, 15) is 5.11 Å². The van der Waals surface area contributed by atoms with Crippen molar-refractivity contribution in [2.45, 2.75) is 26.4 Å². The Morgan fingerprint density at radius 2 is 2.13 bits per heavy atom. The summed E-state index contributed by atoms with van der Waals surface area (Å²) in [4.78, 5) is 0. The van der Waals surface area contributed by atoms with Gasteiger partial charge in [0.1, 0.15) is 5.75 Å². The summed E-state index contributed by atoms with van der Waals surface area (Å²) in [6.45, 7) is 4.92. The third-order valence-corrected chi connectivity index (χ3v) is 2.66. The SMILES string of the molecule is COCc1ccc(C)c(O)c1C(C)CN. The fraction of sp³-hybridized carbons (Fsp3) is 0.500. The molecule has 1 rings (SSSR count). The third kappa shape index (κ3) is 2.49. The van der Waals surface area contributed by atoms with E-state index in [4.69, 9.17) is 10.5 Å². The number of rotatable bonds is 4. The lowest BCUT2D eigenvalue weighted by molar-refractivity contribution is 0.183. The molecule has 0 saturated carbocycles. The minimum atomic E-state index is 0.148. The van der Waals surface area contributed by atoms with Crippen LogP contribution in [0.15, 0.2) is 12.1 Å². The number of phenolic OH excluding ortho intramolecular Hbond substituents is 1. The van der Waals surface area contributed by atoms with E-state index in [1.54, 1.807) is 7.11 Å². The van der Waals surface area contributed by atoms with Crippen molar-refractivity contribution in [3.8, 4) is 5.75 Å². The Labute approximate surface area is 90.9 Å². The van der Waals surface area contributed by atoms with Gasteiger partial charge in [-0.15, -0.1) is 0 Å². The number of methoxy groups -OCH3 is 1. The summed E-state index contributed by atoms with van der Waals surface area (Å²) in [6, 6.07) is 3.89. The van der Waals surface area contributed by atoms with Crippen LogP contribution >= 0.6 is 0 Å². The molecule has 0 aliphatic carbocycles. The summed E-state index contributed by atoms with van der Waals surface area (Å²) < 4.78 is 5.11. The second kappa shape index (κ2) is 5.14. The Balaban J connectivity index is 3.21. The maximum atomic E-state index is 10.00. The molecule has 0 aliphatic rings. The summed E-state index contributed by atoms with van der Waals surface area (Å²) in [5, 5.41) is 10.00. The van der Waals surface area contributed by atoms with Gasteiger partial charge < -0.3 is 15.6 Å². The van der Waals surface area contributed by atoms with Gasteiger partial charge in [-0.3, -0.25) is 0 Å². The fourth-order valence-corrected chi connectivity index (χ4v) is 1.71. The number of ether oxygens (including phenoxy) is 1. The first-order chi connectivity index (χ1) is 7.11. The first-order valence-corrected chi connectivity index (χ1v) is 5.12. The van der Waals surface area contributed by atoms with Crippen molar-refractivity contribution in [2.24, 2.45) is 5.73 Å². The number of aromatic hydroxyl groups is 1. The molecule has 1 aromatic rings. The van der Waals surface area contributed by atoms with Gasteiger partial charge in [0.25, 0.3) is 0 Å². The molecule has 15 heavy (non-hydrogen) atoms. The van der Waals surface area contributed by atoms with Crippen LogP contribution in [0.4, 0.5) is 0 Å². The number of hydrogen-bond donors (Lipinski definition) is 2. The zero-order valence-electron chi connectivity index (χ0n) is 9.58. The minimum absolute atomic E-state index is 0.148. The lowest BCUT2D eigenvalue weighted by Crippen LogP contribution is -2.12. The average Bonchev–Trinajstić information content (AvgIpc) is 2.23. The third-order valence-electron chi connectivity index (χ3n) is 2.66. The van der Waals surface area contributed by atoms with Crippen molar-refractivity contribution in [2.75, 3.05) is 13.7 Å². The Morgan fingerprint density at radius 1 is 1.47 bits per heavy atom. The first kappa shape index (κ1) is 12.0. The smallest absolute Gasteiger partial charge is 0.122 e. The molecule has 0 spiro atoms. The normalized spacial score (nSPS) is 12.8. The van der Waals surface area contributed by atoms with E-state index in [0.29, 0.717) is 18.9 Å². The number of hydrogen-bond acceptors (Lipinski definition) is 3. The molecule has 0 bridgehead atoms. The zero-order chi connectivity index (χ0) is 11.4. The number of phenols is 1. The lowest BCUT2D eigenvalue weighted by Gasteiger charge is -2.17. The van der Waals surface area contributed by atoms with Gasteiger partial charge in [0.15, 0.2) is 0 Å². The Bertz CT molecular complexity index is 337. The molecule has 0 aromatic heterocycles. The van der Waals surface area contributed by atoms with Gasteiger partial charge in [-0.1, -0.05) is 19.1 Å². The summed E-state index contributed by atoms with van der Waals surface area (Å²) in [5.74, 6) is 0.498. The van der Waals surface area contributed by atoms with Crippen molar-refractivity contribution in [3.63, 3.8) is 0 Å². The molecule has 1 atom stereocenters. The van der Waals surface area contributed by atoms with E-state index in [0.717, 1.165) is 16.7 Å². The van der Waals surface area contributed by atoms with Crippen molar-refractivity contribution in [1.82, 2.24) is 0 Å². The second-order valence-corrected chi connectivity index (χ2v) is 3.87. The van der Waals surface area contributed by atoms with E-state index in [1.165, 1.54) is 0 Å². The molecule has 0 amide bonds.